The van der Waals surface area contributed by atoms with Crippen molar-refractivity contribution in [2.24, 2.45) is 0 Å². The van der Waals surface area contributed by atoms with Gasteiger partial charge in [-0.1, -0.05) is 12.1 Å². The molecule has 0 aliphatic carbocycles. The minimum Gasteiger partial charge on any atom is -0.368 e. The van der Waals surface area contributed by atoms with Crippen molar-refractivity contribution in [2.45, 2.75) is 6.18 Å². The lowest BCUT2D eigenvalue weighted by Crippen LogP contribution is -2.46. The number of hydrogen-bond donors (Lipinski definition) is 0. The van der Waals surface area contributed by atoms with Gasteiger partial charge in [0.2, 0.25) is 0 Å². The van der Waals surface area contributed by atoms with Crippen LogP contribution in [0.25, 0.3) is 0 Å². The van der Waals surface area contributed by atoms with E-state index in [1.807, 2.05) is 4.90 Å². The average molecular weight is 376 g/mol. The lowest BCUT2D eigenvalue weighted by atomic mass is 10.1. The monoisotopic (exact) mass is 376 g/mol. The van der Waals surface area contributed by atoms with E-state index < -0.39 is 22.2 Å². The number of benzene rings is 2. The Morgan fingerprint density at radius 3 is 2.26 bits per heavy atom. The molecule has 1 saturated heterocycles. The quantitative estimate of drug-likeness (QED) is 0.602. The molecular weight excluding hydrogens is 361 g/mol. The molecule has 2 aromatic carbocycles. The highest BCUT2D eigenvalue weighted by Gasteiger charge is 2.34. The van der Waals surface area contributed by atoms with Crippen LogP contribution in [0.5, 0.6) is 0 Å². The third-order valence-corrected chi connectivity index (χ3v) is 4.49. The number of halogens is 3. The molecule has 0 spiro atoms. The first-order valence-corrected chi connectivity index (χ1v) is 8.16. The molecule has 9 heteroatoms. The number of piperazine rings is 1. The highest BCUT2D eigenvalue weighted by Crippen LogP contribution is 2.35. The van der Waals surface area contributed by atoms with Gasteiger partial charge in [0.1, 0.15) is 5.69 Å². The third-order valence-electron chi connectivity index (χ3n) is 4.49. The van der Waals surface area contributed by atoms with Gasteiger partial charge in [-0.3, -0.25) is 10.1 Å². The molecule has 6 nitrogen and oxygen atoms in total. The minimum atomic E-state index is -4.60. The second kappa shape index (κ2) is 7.15. The van der Waals surface area contributed by atoms with Crippen molar-refractivity contribution < 1.29 is 18.1 Å². The van der Waals surface area contributed by atoms with E-state index in [-0.39, 0.29) is 5.69 Å². The summed E-state index contributed by atoms with van der Waals surface area (Å²) in [5, 5.41) is 20.1. The number of rotatable bonds is 3. The summed E-state index contributed by atoms with van der Waals surface area (Å²) in [5.74, 6) is 0. The zero-order valence-corrected chi connectivity index (χ0v) is 14.1. The molecule has 0 radical (unpaired) electrons. The van der Waals surface area contributed by atoms with Gasteiger partial charge in [-0.25, -0.2) is 0 Å². The van der Waals surface area contributed by atoms with Crippen molar-refractivity contribution in [3.8, 4) is 6.07 Å². The fourth-order valence-electron chi connectivity index (χ4n) is 3.15. The topological polar surface area (TPSA) is 73.4 Å². The largest absolute Gasteiger partial charge is 0.417 e. The second-order valence-electron chi connectivity index (χ2n) is 6.06. The van der Waals surface area contributed by atoms with Crippen LogP contribution in [0.3, 0.4) is 0 Å². The van der Waals surface area contributed by atoms with Crippen molar-refractivity contribution in [2.75, 3.05) is 36.0 Å². The molecule has 2 aromatic rings. The predicted octanol–water partition coefficient (Wildman–Crippen LogP) is 3.81. The standard InChI is InChI=1S/C18H15F3N4O2/c19-18(20,21)15-11-14(6-5-13(15)12-22)23-7-9-24(10-8-23)16-3-1-2-4-17(16)25(26)27/h1-6,11H,7-10H2. The summed E-state index contributed by atoms with van der Waals surface area (Å²) >= 11 is 0. The molecular formula is C18H15F3N4O2. The van der Waals surface area contributed by atoms with Gasteiger partial charge in [-0.05, 0) is 24.3 Å². The van der Waals surface area contributed by atoms with Crippen LogP contribution >= 0.6 is 0 Å². The molecule has 140 valence electrons. The van der Waals surface area contributed by atoms with Crippen molar-refractivity contribution >= 4 is 17.1 Å². The van der Waals surface area contributed by atoms with Gasteiger partial charge in [0, 0.05) is 37.9 Å². The smallest absolute Gasteiger partial charge is 0.368 e. The van der Waals surface area contributed by atoms with E-state index in [0.717, 1.165) is 6.07 Å². The Kier molecular flexibility index (Phi) is 4.90. The van der Waals surface area contributed by atoms with Crippen LogP contribution in [-0.4, -0.2) is 31.1 Å². The maximum atomic E-state index is 13.1. The van der Waals surface area contributed by atoms with Gasteiger partial charge in [0.05, 0.1) is 22.1 Å². The molecule has 3 rings (SSSR count). The van der Waals surface area contributed by atoms with Crippen molar-refractivity contribution in [1.29, 1.82) is 5.26 Å². The first-order chi connectivity index (χ1) is 12.8. The van der Waals surface area contributed by atoms with Gasteiger partial charge in [-0.15, -0.1) is 0 Å². The number of para-hydroxylation sites is 2. The molecule has 0 N–H and O–H groups in total. The SMILES string of the molecule is N#Cc1ccc(N2CCN(c3ccccc3[N+](=O)[O-])CC2)cc1C(F)(F)F. The van der Waals surface area contributed by atoms with E-state index >= 15 is 0 Å². The Bertz CT molecular complexity index is 900. The van der Waals surface area contributed by atoms with Gasteiger partial charge in [0.25, 0.3) is 5.69 Å². The number of anilines is 2. The van der Waals surface area contributed by atoms with Crippen LogP contribution < -0.4 is 9.80 Å². The third kappa shape index (κ3) is 3.79. The summed E-state index contributed by atoms with van der Waals surface area (Å²) in [6.07, 6.45) is -4.60. The van der Waals surface area contributed by atoms with Gasteiger partial charge < -0.3 is 9.80 Å². The van der Waals surface area contributed by atoms with E-state index in [0.29, 0.717) is 37.6 Å². The molecule has 1 fully saturated rings. The highest BCUT2D eigenvalue weighted by molar-refractivity contribution is 5.64. The summed E-state index contributed by atoms with van der Waals surface area (Å²) in [4.78, 5) is 14.4. The molecule has 0 unspecified atom stereocenters. The van der Waals surface area contributed by atoms with Crippen molar-refractivity contribution in [3.05, 3.63) is 63.7 Å². The molecule has 27 heavy (non-hydrogen) atoms. The van der Waals surface area contributed by atoms with Crippen LogP contribution in [0.1, 0.15) is 11.1 Å². The lowest BCUT2D eigenvalue weighted by molar-refractivity contribution is -0.384. The lowest BCUT2D eigenvalue weighted by Gasteiger charge is -2.37. The summed E-state index contributed by atoms with van der Waals surface area (Å²) in [6, 6.07) is 11.6. The first-order valence-electron chi connectivity index (χ1n) is 8.16. The number of nitro benzene ring substituents is 1. The van der Waals surface area contributed by atoms with Crippen LogP contribution in [0, 0.1) is 21.4 Å². The molecule has 0 amide bonds. The summed E-state index contributed by atoms with van der Waals surface area (Å²) in [5.41, 5.74) is -0.487. The molecule has 0 atom stereocenters. The summed E-state index contributed by atoms with van der Waals surface area (Å²) in [6.45, 7) is 1.70. The normalized spacial score (nSPS) is 14.7. The van der Waals surface area contributed by atoms with E-state index in [4.69, 9.17) is 5.26 Å². The maximum Gasteiger partial charge on any atom is 0.417 e. The zero-order chi connectivity index (χ0) is 19.6. The molecule has 1 aliphatic heterocycles. The Morgan fingerprint density at radius 1 is 1.04 bits per heavy atom. The van der Waals surface area contributed by atoms with Crippen LogP contribution in [0.4, 0.5) is 30.2 Å². The van der Waals surface area contributed by atoms with E-state index in [2.05, 4.69) is 0 Å². The Hall–Kier alpha value is -3.28. The van der Waals surface area contributed by atoms with Crippen LogP contribution in [-0.2, 0) is 6.18 Å². The van der Waals surface area contributed by atoms with E-state index in [1.54, 1.807) is 29.2 Å². The highest BCUT2D eigenvalue weighted by atomic mass is 19.4. The first kappa shape index (κ1) is 18.5. The second-order valence-corrected chi connectivity index (χ2v) is 6.06. The Morgan fingerprint density at radius 2 is 1.67 bits per heavy atom. The predicted molar refractivity (Wildman–Crippen MR) is 93.7 cm³/mol. The number of nitrogens with zero attached hydrogens (tertiary/aromatic N) is 4. The average Bonchev–Trinajstić information content (AvgIpc) is 2.67. The fourth-order valence-corrected chi connectivity index (χ4v) is 3.15. The number of alkyl halides is 3. The molecule has 0 bridgehead atoms. The number of hydrogen-bond acceptors (Lipinski definition) is 5. The Balaban J connectivity index is 1.79. The van der Waals surface area contributed by atoms with Crippen molar-refractivity contribution in [3.63, 3.8) is 0 Å². The molecule has 0 aromatic heterocycles. The molecule has 1 heterocycles. The van der Waals surface area contributed by atoms with Gasteiger partial charge in [0.15, 0.2) is 0 Å². The fraction of sp³-hybridized carbons (Fsp3) is 0.278. The van der Waals surface area contributed by atoms with Crippen LogP contribution in [0.15, 0.2) is 42.5 Å². The van der Waals surface area contributed by atoms with Gasteiger partial charge in [-0.2, -0.15) is 18.4 Å². The molecule has 0 saturated carbocycles. The molecule has 1 aliphatic rings. The maximum absolute atomic E-state index is 13.1. The minimum absolute atomic E-state index is 0.00341. The van der Waals surface area contributed by atoms with Crippen molar-refractivity contribution in [1.82, 2.24) is 0 Å². The van der Waals surface area contributed by atoms with Crippen LogP contribution in [0.2, 0.25) is 0 Å². The number of nitriles is 1. The van der Waals surface area contributed by atoms with E-state index in [1.165, 1.54) is 18.2 Å². The summed E-state index contributed by atoms with van der Waals surface area (Å²) in [7, 11) is 0. The number of nitro groups is 1. The zero-order valence-electron chi connectivity index (χ0n) is 14.1. The summed E-state index contributed by atoms with van der Waals surface area (Å²) < 4.78 is 39.4. The van der Waals surface area contributed by atoms with E-state index in [9.17, 15) is 23.3 Å². The van der Waals surface area contributed by atoms with Gasteiger partial charge >= 0.3 is 6.18 Å². The Labute approximate surface area is 153 Å².